The zero-order chi connectivity index (χ0) is 17.7. The van der Waals surface area contributed by atoms with Gasteiger partial charge in [-0.05, 0) is 18.4 Å². The molecule has 1 aliphatic heterocycles. The summed E-state index contributed by atoms with van der Waals surface area (Å²) in [5.74, 6) is 0. The number of nitrogens with zero attached hydrogens (tertiary/aromatic N) is 2. The molecule has 0 fully saturated rings. The normalized spacial score (nSPS) is 16.8. The molecule has 2 nitrogen and oxygen atoms in total. The van der Waals surface area contributed by atoms with Crippen LogP contribution in [0.4, 0.5) is 0 Å². The summed E-state index contributed by atoms with van der Waals surface area (Å²) in [5.41, 5.74) is 1.42. The third kappa shape index (κ3) is 6.76. The maximum atomic E-state index is 2.55. The fourth-order valence-electron chi connectivity index (χ4n) is 3.72. The van der Waals surface area contributed by atoms with Crippen molar-refractivity contribution in [3.63, 3.8) is 0 Å². The summed E-state index contributed by atoms with van der Waals surface area (Å²) >= 11 is 0. The van der Waals surface area contributed by atoms with Crippen molar-refractivity contribution >= 4 is 0 Å². The van der Waals surface area contributed by atoms with E-state index in [0.29, 0.717) is 6.17 Å². The van der Waals surface area contributed by atoms with Gasteiger partial charge in [0.25, 0.3) is 0 Å². The standard InChI is InChI=1S/C23H38N2/c1-3-5-7-8-9-10-15-19-25-21-20-24(18-14-6-4-2)23(25)22-16-12-11-13-17-22/h11-13,16-17,20-21,23H,3-10,14-15,18-19H2,1-2H3. The van der Waals surface area contributed by atoms with Crippen LogP contribution in [0.5, 0.6) is 0 Å². The predicted molar refractivity (Wildman–Crippen MR) is 109 cm³/mol. The van der Waals surface area contributed by atoms with Crippen LogP contribution in [0.3, 0.4) is 0 Å². The number of benzene rings is 1. The molecule has 1 aliphatic rings. The van der Waals surface area contributed by atoms with E-state index in [0.717, 1.165) is 6.54 Å². The van der Waals surface area contributed by atoms with Gasteiger partial charge in [0, 0.05) is 25.5 Å². The topological polar surface area (TPSA) is 6.48 Å². The van der Waals surface area contributed by atoms with Gasteiger partial charge in [0.1, 0.15) is 6.17 Å². The van der Waals surface area contributed by atoms with E-state index in [9.17, 15) is 0 Å². The quantitative estimate of drug-likeness (QED) is 0.367. The summed E-state index contributed by atoms with van der Waals surface area (Å²) in [7, 11) is 0. The van der Waals surface area contributed by atoms with Gasteiger partial charge in [-0.25, -0.2) is 0 Å². The Kier molecular flexibility index (Phi) is 9.54. The lowest BCUT2D eigenvalue weighted by Crippen LogP contribution is -2.32. The minimum atomic E-state index is 0.401. The Labute approximate surface area is 155 Å². The highest BCUT2D eigenvalue weighted by atomic mass is 15.4. The Morgan fingerprint density at radius 1 is 0.640 bits per heavy atom. The second-order valence-electron chi connectivity index (χ2n) is 7.39. The van der Waals surface area contributed by atoms with E-state index in [1.54, 1.807) is 0 Å². The van der Waals surface area contributed by atoms with E-state index >= 15 is 0 Å². The van der Waals surface area contributed by atoms with E-state index in [2.05, 4.69) is 66.4 Å². The van der Waals surface area contributed by atoms with Crippen molar-refractivity contribution in [2.24, 2.45) is 0 Å². The van der Waals surface area contributed by atoms with Gasteiger partial charge in [-0.3, -0.25) is 0 Å². The lowest BCUT2D eigenvalue weighted by molar-refractivity contribution is 0.150. The Morgan fingerprint density at radius 3 is 1.72 bits per heavy atom. The van der Waals surface area contributed by atoms with Crippen molar-refractivity contribution in [2.45, 2.75) is 84.2 Å². The van der Waals surface area contributed by atoms with E-state index < -0.39 is 0 Å². The van der Waals surface area contributed by atoms with Gasteiger partial charge >= 0.3 is 0 Å². The maximum Gasteiger partial charge on any atom is 0.127 e. The van der Waals surface area contributed by atoms with Gasteiger partial charge in [-0.2, -0.15) is 0 Å². The fourth-order valence-corrected chi connectivity index (χ4v) is 3.72. The molecule has 1 aromatic carbocycles. The lowest BCUT2D eigenvalue weighted by Gasteiger charge is -2.33. The van der Waals surface area contributed by atoms with Crippen molar-refractivity contribution in [1.82, 2.24) is 9.80 Å². The first kappa shape index (κ1) is 19.9. The highest BCUT2D eigenvalue weighted by Gasteiger charge is 2.26. The summed E-state index contributed by atoms with van der Waals surface area (Å²) < 4.78 is 0. The first-order valence-electron chi connectivity index (χ1n) is 10.6. The van der Waals surface area contributed by atoms with Crippen molar-refractivity contribution in [3.05, 3.63) is 48.3 Å². The molecule has 0 saturated carbocycles. The Hall–Kier alpha value is -1.44. The fraction of sp³-hybridized carbons (Fsp3) is 0.652. The Bertz CT molecular complexity index is 468. The molecular formula is C23H38N2. The van der Waals surface area contributed by atoms with Gasteiger partial charge in [0.05, 0.1) is 0 Å². The average molecular weight is 343 g/mol. The minimum Gasteiger partial charge on any atom is -0.352 e. The third-order valence-corrected chi connectivity index (χ3v) is 5.22. The number of hydrogen-bond donors (Lipinski definition) is 0. The molecule has 1 heterocycles. The van der Waals surface area contributed by atoms with Gasteiger partial charge in [-0.15, -0.1) is 0 Å². The van der Waals surface area contributed by atoms with Crippen LogP contribution < -0.4 is 0 Å². The van der Waals surface area contributed by atoms with Crippen molar-refractivity contribution in [3.8, 4) is 0 Å². The van der Waals surface area contributed by atoms with E-state index in [-0.39, 0.29) is 0 Å². The van der Waals surface area contributed by atoms with Crippen LogP contribution in [0.15, 0.2) is 42.7 Å². The molecule has 1 atom stereocenters. The molecule has 25 heavy (non-hydrogen) atoms. The van der Waals surface area contributed by atoms with Crippen LogP contribution in [0.1, 0.15) is 89.8 Å². The van der Waals surface area contributed by atoms with Gasteiger partial charge < -0.3 is 9.80 Å². The van der Waals surface area contributed by atoms with Crippen molar-refractivity contribution in [2.75, 3.05) is 13.1 Å². The largest absolute Gasteiger partial charge is 0.352 e. The smallest absolute Gasteiger partial charge is 0.127 e. The molecule has 0 aliphatic carbocycles. The molecule has 0 saturated heterocycles. The van der Waals surface area contributed by atoms with E-state index in [4.69, 9.17) is 0 Å². The monoisotopic (exact) mass is 342 g/mol. The Morgan fingerprint density at radius 2 is 1.12 bits per heavy atom. The van der Waals surface area contributed by atoms with Gasteiger partial charge in [0.15, 0.2) is 0 Å². The number of unbranched alkanes of at least 4 members (excludes halogenated alkanes) is 8. The molecule has 1 unspecified atom stereocenters. The third-order valence-electron chi connectivity index (χ3n) is 5.22. The molecule has 2 heteroatoms. The SMILES string of the molecule is CCCCCCCCCN1C=CN(CCCCC)C1c1ccccc1. The molecule has 0 amide bonds. The first-order chi connectivity index (χ1) is 12.4. The highest BCUT2D eigenvalue weighted by Crippen LogP contribution is 2.31. The van der Waals surface area contributed by atoms with Crippen LogP contribution in [-0.4, -0.2) is 22.9 Å². The first-order valence-corrected chi connectivity index (χ1v) is 10.6. The van der Waals surface area contributed by atoms with E-state index in [1.807, 2.05) is 0 Å². The maximum absolute atomic E-state index is 2.55. The molecular weight excluding hydrogens is 304 g/mol. The zero-order valence-electron chi connectivity index (χ0n) is 16.5. The van der Waals surface area contributed by atoms with Crippen LogP contribution in [0.25, 0.3) is 0 Å². The zero-order valence-corrected chi connectivity index (χ0v) is 16.5. The molecule has 140 valence electrons. The number of rotatable bonds is 13. The molecule has 0 aromatic heterocycles. The highest BCUT2D eigenvalue weighted by molar-refractivity contribution is 5.21. The molecule has 1 aromatic rings. The number of hydrogen-bond acceptors (Lipinski definition) is 2. The lowest BCUT2D eigenvalue weighted by atomic mass is 10.1. The molecule has 0 radical (unpaired) electrons. The molecule has 0 spiro atoms. The summed E-state index contributed by atoms with van der Waals surface area (Å²) in [4.78, 5) is 5.08. The summed E-state index contributed by atoms with van der Waals surface area (Å²) in [5, 5.41) is 0. The van der Waals surface area contributed by atoms with Crippen molar-refractivity contribution < 1.29 is 0 Å². The van der Waals surface area contributed by atoms with E-state index in [1.165, 1.54) is 76.3 Å². The summed E-state index contributed by atoms with van der Waals surface area (Å²) in [6.45, 7) is 6.91. The molecule has 2 rings (SSSR count). The second-order valence-corrected chi connectivity index (χ2v) is 7.39. The van der Waals surface area contributed by atoms with Crippen LogP contribution in [-0.2, 0) is 0 Å². The Balaban J connectivity index is 1.82. The van der Waals surface area contributed by atoms with Crippen LogP contribution >= 0.6 is 0 Å². The van der Waals surface area contributed by atoms with Crippen LogP contribution in [0, 0.1) is 0 Å². The molecule has 0 N–H and O–H groups in total. The average Bonchev–Trinajstić information content (AvgIpc) is 3.05. The van der Waals surface area contributed by atoms with Gasteiger partial charge in [0.2, 0.25) is 0 Å². The predicted octanol–water partition coefficient (Wildman–Crippen LogP) is 6.71. The summed E-state index contributed by atoms with van der Waals surface area (Å²) in [6.07, 6.45) is 18.6. The second kappa shape index (κ2) is 12.0. The van der Waals surface area contributed by atoms with Crippen molar-refractivity contribution in [1.29, 1.82) is 0 Å². The van der Waals surface area contributed by atoms with Crippen LogP contribution in [0.2, 0.25) is 0 Å². The van der Waals surface area contributed by atoms with Gasteiger partial charge in [-0.1, -0.05) is 95.5 Å². The minimum absolute atomic E-state index is 0.401. The summed E-state index contributed by atoms with van der Waals surface area (Å²) in [6, 6.07) is 11.0. The molecule has 0 bridgehead atoms.